The number of rotatable bonds is 7. The molecule has 0 saturated carbocycles. The summed E-state index contributed by atoms with van der Waals surface area (Å²) in [6, 6.07) is 15.1. The van der Waals surface area contributed by atoms with Gasteiger partial charge < -0.3 is 10.6 Å². The van der Waals surface area contributed by atoms with Crippen molar-refractivity contribution < 1.29 is 4.79 Å². The largest absolute Gasteiger partial charge is 0.380 e. The molecule has 1 amide bonds. The molecule has 0 spiro atoms. The highest BCUT2D eigenvalue weighted by Crippen LogP contribution is 2.10. The predicted molar refractivity (Wildman–Crippen MR) is 103 cm³/mol. The van der Waals surface area contributed by atoms with Crippen LogP contribution in [0.1, 0.15) is 21.6 Å². The van der Waals surface area contributed by atoms with Crippen molar-refractivity contribution in [3.8, 4) is 0 Å². The summed E-state index contributed by atoms with van der Waals surface area (Å²) < 4.78 is 0. The van der Waals surface area contributed by atoms with Crippen molar-refractivity contribution >= 4 is 23.2 Å². The maximum Gasteiger partial charge on any atom is 0.269 e. The number of carbonyl (C=O) groups excluding carboxylic acids is 1. The van der Waals surface area contributed by atoms with E-state index in [2.05, 4.69) is 20.6 Å². The summed E-state index contributed by atoms with van der Waals surface area (Å²) in [5.74, 6) is -0.181. The standard InChI is InChI=1S/C20H19ClN4O/c21-17-3-1-15(2-4-17)9-12-23-20(26)19-6-5-18(14-25-19)24-13-16-7-10-22-11-8-16/h1-8,10-11,14,24H,9,12-13H2,(H,23,26). The van der Waals surface area contributed by atoms with Gasteiger partial charge in [0.15, 0.2) is 0 Å². The Morgan fingerprint density at radius 2 is 1.73 bits per heavy atom. The highest BCUT2D eigenvalue weighted by Gasteiger charge is 2.06. The molecular weight excluding hydrogens is 348 g/mol. The Bertz CT molecular complexity index is 836. The zero-order chi connectivity index (χ0) is 18.2. The van der Waals surface area contributed by atoms with E-state index in [1.165, 1.54) is 0 Å². The molecule has 1 aromatic carbocycles. The van der Waals surface area contributed by atoms with Crippen LogP contribution in [0.2, 0.25) is 5.02 Å². The molecule has 132 valence electrons. The highest BCUT2D eigenvalue weighted by atomic mass is 35.5. The molecule has 0 saturated heterocycles. The topological polar surface area (TPSA) is 66.9 Å². The average Bonchev–Trinajstić information content (AvgIpc) is 2.69. The smallest absolute Gasteiger partial charge is 0.269 e. The molecule has 2 aromatic heterocycles. The Labute approximate surface area is 157 Å². The minimum atomic E-state index is -0.181. The number of anilines is 1. The fourth-order valence-electron chi connectivity index (χ4n) is 2.40. The van der Waals surface area contributed by atoms with Crippen molar-refractivity contribution in [2.75, 3.05) is 11.9 Å². The Morgan fingerprint density at radius 3 is 2.42 bits per heavy atom. The summed E-state index contributed by atoms with van der Waals surface area (Å²) >= 11 is 5.86. The fourth-order valence-corrected chi connectivity index (χ4v) is 2.53. The maximum atomic E-state index is 12.2. The molecule has 0 radical (unpaired) electrons. The van der Waals surface area contributed by atoms with E-state index in [0.717, 1.165) is 23.2 Å². The average molecular weight is 367 g/mol. The first kappa shape index (κ1) is 17.9. The van der Waals surface area contributed by atoms with Crippen molar-refractivity contribution in [3.05, 3.63) is 89.0 Å². The lowest BCUT2D eigenvalue weighted by Crippen LogP contribution is -2.26. The summed E-state index contributed by atoms with van der Waals surface area (Å²) in [4.78, 5) is 20.4. The lowest BCUT2D eigenvalue weighted by molar-refractivity contribution is 0.0949. The second-order valence-corrected chi connectivity index (χ2v) is 6.21. The molecule has 0 aliphatic heterocycles. The van der Waals surface area contributed by atoms with E-state index in [1.807, 2.05) is 42.5 Å². The van der Waals surface area contributed by atoms with Gasteiger partial charge in [-0.15, -0.1) is 0 Å². The maximum absolute atomic E-state index is 12.2. The van der Waals surface area contributed by atoms with Crippen LogP contribution < -0.4 is 10.6 Å². The third-order valence-corrected chi connectivity index (χ3v) is 4.11. The van der Waals surface area contributed by atoms with Gasteiger partial charge in [0.05, 0.1) is 11.9 Å². The Hall–Kier alpha value is -2.92. The number of nitrogens with one attached hydrogen (secondary N) is 2. The monoisotopic (exact) mass is 366 g/mol. The molecule has 3 aromatic rings. The second-order valence-electron chi connectivity index (χ2n) is 5.77. The van der Waals surface area contributed by atoms with E-state index >= 15 is 0 Å². The van der Waals surface area contributed by atoms with E-state index in [-0.39, 0.29) is 5.91 Å². The van der Waals surface area contributed by atoms with Crippen molar-refractivity contribution in [3.63, 3.8) is 0 Å². The molecule has 0 unspecified atom stereocenters. The molecule has 6 heteroatoms. The fraction of sp³-hybridized carbons (Fsp3) is 0.150. The van der Waals surface area contributed by atoms with E-state index in [9.17, 15) is 4.79 Å². The number of nitrogens with zero attached hydrogens (tertiary/aromatic N) is 2. The quantitative estimate of drug-likeness (QED) is 0.668. The number of aromatic nitrogens is 2. The highest BCUT2D eigenvalue weighted by molar-refractivity contribution is 6.30. The first-order valence-corrected chi connectivity index (χ1v) is 8.70. The van der Waals surface area contributed by atoms with Gasteiger partial charge in [-0.2, -0.15) is 0 Å². The van der Waals surface area contributed by atoms with E-state index in [0.29, 0.717) is 23.8 Å². The van der Waals surface area contributed by atoms with Gasteiger partial charge in [-0.1, -0.05) is 23.7 Å². The third kappa shape index (κ3) is 5.29. The lowest BCUT2D eigenvalue weighted by Gasteiger charge is -2.08. The molecule has 0 aliphatic rings. The van der Waals surface area contributed by atoms with Crippen LogP contribution in [-0.4, -0.2) is 22.4 Å². The molecule has 2 N–H and O–H groups in total. The van der Waals surface area contributed by atoms with Crippen molar-refractivity contribution in [1.82, 2.24) is 15.3 Å². The molecular formula is C20H19ClN4O. The normalized spacial score (nSPS) is 10.3. The summed E-state index contributed by atoms with van der Waals surface area (Å²) in [6.07, 6.45) is 5.92. The number of benzene rings is 1. The van der Waals surface area contributed by atoms with Gasteiger partial charge in [0.25, 0.3) is 5.91 Å². The van der Waals surface area contributed by atoms with Crippen LogP contribution in [0.3, 0.4) is 0 Å². The van der Waals surface area contributed by atoms with Crippen LogP contribution in [0.4, 0.5) is 5.69 Å². The van der Waals surface area contributed by atoms with Crippen LogP contribution >= 0.6 is 11.6 Å². The third-order valence-electron chi connectivity index (χ3n) is 3.85. The van der Waals surface area contributed by atoms with Crippen molar-refractivity contribution in [2.45, 2.75) is 13.0 Å². The van der Waals surface area contributed by atoms with E-state index < -0.39 is 0 Å². The van der Waals surface area contributed by atoms with E-state index in [4.69, 9.17) is 11.6 Å². The number of carbonyl (C=O) groups is 1. The first-order chi connectivity index (χ1) is 12.7. The SMILES string of the molecule is O=C(NCCc1ccc(Cl)cc1)c1ccc(NCc2ccncc2)cn1. The number of hydrogen-bond acceptors (Lipinski definition) is 4. The number of hydrogen-bond donors (Lipinski definition) is 2. The zero-order valence-electron chi connectivity index (χ0n) is 14.2. The molecule has 3 rings (SSSR count). The van der Waals surface area contributed by atoms with Gasteiger partial charge in [-0.3, -0.25) is 9.78 Å². The molecule has 5 nitrogen and oxygen atoms in total. The zero-order valence-corrected chi connectivity index (χ0v) is 14.9. The molecule has 0 atom stereocenters. The van der Waals surface area contributed by atoms with Gasteiger partial charge >= 0.3 is 0 Å². The van der Waals surface area contributed by atoms with Gasteiger partial charge in [0.2, 0.25) is 0 Å². The van der Waals surface area contributed by atoms with Gasteiger partial charge in [-0.25, -0.2) is 4.98 Å². The van der Waals surface area contributed by atoms with Crippen LogP contribution in [0, 0.1) is 0 Å². The minimum absolute atomic E-state index is 0.181. The van der Waals surface area contributed by atoms with Crippen molar-refractivity contribution in [2.24, 2.45) is 0 Å². The summed E-state index contributed by atoms with van der Waals surface area (Å²) in [7, 11) is 0. The Balaban J connectivity index is 1.46. The number of pyridine rings is 2. The lowest BCUT2D eigenvalue weighted by atomic mass is 10.1. The molecule has 2 heterocycles. The van der Waals surface area contributed by atoms with Crippen LogP contribution in [0.25, 0.3) is 0 Å². The molecule has 26 heavy (non-hydrogen) atoms. The summed E-state index contributed by atoms with van der Waals surface area (Å²) in [5.41, 5.74) is 3.51. The first-order valence-electron chi connectivity index (χ1n) is 8.32. The number of amides is 1. The summed E-state index contributed by atoms with van der Waals surface area (Å²) in [6.45, 7) is 1.22. The van der Waals surface area contributed by atoms with Gasteiger partial charge in [0, 0.05) is 30.5 Å². The van der Waals surface area contributed by atoms with Gasteiger partial charge in [-0.05, 0) is 53.9 Å². The van der Waals surface area contributed by atoms with Crippen LogP contribution in [-0.2, 0) is 13.0 Å². The number of halogens is 1. The van der Waals surface area contributed by atoms with Crippen molar-refractivity contribution in [1.29, 1.82) is 0 Å². The molecule has 0 aliphatic carbocycles. The van der Waals surface area contributed by atoms with Crippen LogP contribution in [0.5, 0.6) is 0 Å². The predicted octanol–water partition coefficient (Wildman–Crippen LogP) is 3.71. The van der Waals surface area contributed by atoms with Crippen LogP contribution in [0.15, 0.2) is 67.1 Å². The Kier molecular flexibility index (Phi) is 6.17. The summed E-state index contributed by atoms with van der Waals surface area (Å²) in [5, 5.41) is 6.85. The minimum Gasteiger partial charge on any atom is -0.380 e. The van der Waals surface area contributed by atoms with Gasteiger partial charge in [0.1, 0.15) is 5.69 Å². The molecule has 0 fully saturated rings. The molecule has 0 bridgehead atoms. The second kappa shape index (κ2) is 8.97. The van der Waals surface area contributed by atoms with E-state index in [1.54, 1.807) is 24.7 Å². The Morgan fingerprint density at radius 1 is 0.962 bits per heavy atom.